The van der Waals surface area contributed by atoms with Gasteiger partial charge in [-0.15, -0.1) is 0 Å². The first-order chi connectivity index (χ1) is 9.56. The van der Waals surface area contributed by atoms with Crippen molar-refractivity contribution in [2.24, 2.45) is 11.7 Å². The molecule has 1 aliphatic rings. The van der Waals surface area contributed by atoms with E-state index in [9.17, 15) is 13.6 Å². The van der Waals surface area contributed by atoms with Crippen LogP contribution in [0.4, 0.5) is 8.78 Å². The summed E-state index contributed by atoms with van der Waals surface area (Å²) in [6.07, 6.45) is 2.94. The monoisotopic (exact) mass is 282 g/mol. The third-order valence-corrected chi connectivity index (χ3v) is 4.03. The summed E-state index contributed by atoms with van der Waals surface area (Å²) in [6.45, 7) is 2.92. The fourth-order valence-electron chi connectivity index (χ4n) is 3.07. The second kappa shape index (κ2) is 6.31. The summed E-state index contributed by atoms with van der Waals surface area (Å²) in [6, 6.07) is 3.01. The van der Waals surface area contributed by atoms with Crippen LogP contribution in [-0.2, 0) is 0 Å². The Labute approximate surface area is 117 Å². The highest BCUT2D eigenvalue weighted by Gasteiger charge is 2.33. The van der Waals surface area contributed by atoms with Crippen molar-refractivity contribution in [2.75, 3.05) is 13.1 Å². The predicted molar refractivity (Wildman–Crippen MR) is 73.3 cm³/mol. The van der Waals surface area contributed by atoms with Gasteiger partial charge in [0.2, 0.25) is 0 Å². The zero-order chi connectivity index (χ0) is 14.7. The van der Waals surface area contributed by atoms with Crippen LogP contribution in [0.1, 0.15) is 36.5 Å². The lowest BCUT2D eigenvalue weighted by molar-refractivity contribution is 0.0651. The first-order valence-corrected chi connectivity index (χ1v) is 7.04. The number of benzene rings is 1. The van der Waals surface area contributed by atoms with Crippen molar-refractivity contribution in [3.05, 3.63) is 35.4 Å². The number of hydrogen-bond donors (Lipinski definition) is 1. The Balaban J connectivity index is 2.24. The Morgan fingerprint density at radius 3 is 2.50 bits per heavy atom. The molecule has 0 aromatic heterocycles. The van der Waals surface area contributed by atoms with E-state index in [1.807, 2.05) is 6.92 Å². The van der Waals surface area contributed by atoms with Crippen LogP contribution >= 0.6 is 0 Å². The van der Waals surface area contributed by atoms with Crippen LogP contribution in [0.5, 0.6) is 0 Å². The third-order valence-electron chi connectivity index (χ3n) is 4.03. The number of amides is 1. The van der Waals surface area contributed by atoms with Gasteiger partial charge in [0.25, 0.3) is 5.91 Å². The lowest BCUT2D eigenvalue weighted by Gasteiger charge is -2.32. The normalized spacial score (nSPS) is 22.0. The molecule has 0 heterocycles. The SMILES string of the molecule is CCN(C(=O)c1cc(F)cc(F)c1)C1CCCC1CN. The van der Waals surface area contributed by atoms with Gasteiger partial charge >= 0.3 is 0 Å². The molecule has 2 rings (SSSR count). The van der Waals surface area contributed by atoms with Crippen molar-refractivity contribution in [1.82, 2.24) is 4.90 Å². The lowest BCUT2D eigenvalue weighted by atomic mass is 10.0. The zero-order valence-electron chi connectivity index (χ0n) is 11.6. The molecule has 1 saturated carbocycles. The van der Waals surface area contributed by atoms with Crippen molar-refractivity contribution in [3.8, 4) is 0 Å². The van der Waals surface area contributed by atoms with Crippen LogP contribution in [0.3, 0.4) is 0 Å². The van der Waals surface area contributed by atoms with E-state index >= 15 is 0 Å². The van der Waals surface area contributed by atoms with Crippen molar-refractivity contribution in [2.45, 2.75) is 32.2 Å². The van der Waals surface area contributed by atoms with Gasteiger partial charge in [-0.2, -0.15) is 0 Å². The zero-order valence-corrected chi connectivity index (χ0v) is 11.6. The second-order valence-corrected chi connectivity index (χ2v) is 5.24. The molecule has 2 N–H and O–H groups in total. The molecule has 1 aromatic rings. The molecule has 110 valence electrons. The molecule has 0 radical (unpaired) electrons. The van der Waals surface area contributed by atoms with Gasteiger partial charge in [-0.25, -0.2) is 8.78 Å². The minimum Gasteiger partial charge on any atom is -0.336 e. The number of halogens is 2. The number of carbonyl (C=O) groups excluding carboxylic acids is 1. The van der Waals surface area contributed by atoms with Crippen molar-refractivity contribution in [3.63, 3.8) is 0 Å². The summed E-state index contributed by atoms with van der Waals surface area (Å²) < 4.78 is 26.5. The highest BCUT2D eigenvalue weighted by molar-refractivity contribution is 5.94. The van der Waals surface area contributed by atoms with E-state index in [1.165, 1.54) is 0 Å². The molecule has 0 spiro atoms. The van der Waals surface area contributed by atoms with E-state index < -0.39 is 11.6 Å². The van der Waals surface area contributed by atoms with Crippen LogP contribution in [-0.4, -0.2) is 29.9 Å². The maximum Gasteiger partial charge on any atom is 0.254 e. The Hall–Kier alpha value is -1.49. The van der Waals surface area contributed by atoms with E-state index in [-0.39, 0.29) is 23.4 Å². The maximum absolute atomic E-state index is 13.2. The van der Waals surface area contributed by atoms with Gasteiger partial charge in [0.15, 0.2) is 0 Å². The summed E-state index contributed by atoms with van der Waals surface area (Å²) >= 11 is 0. The lowest BCUT2D eigenvalue weighted by Crippen LogP contribution is -2.44. The van der Waals surface area contributed by atoms with E-state index in [4.69, 9.17) is 5.73 Å². The number of nitrogens with zero attached hydrogens (tertiary/aromatic N) is 1. The minimum atomic E-state index is -0.730. The molecule has 1 fully saturated rings. The molecular weight excluding hydrogens is 262 g/mol. The van der Waals surface area contributed by atoms with Crippen LogP contribution < -0.4 is 5.73 Å². The van der Waals surface area contributed by atoms with Gasteiger partial charge in [-0.05, 0) is 44.4 Å². The van der Waals surface area contributed by atoms with Crippen molar-refractivity contribution >= 4 is 5.91 Å². The first kappa shape index (κ1) is 14.9. The number of carbonyl (C=O) groups is 1. The summed E-state index contributed by atoms with van der Waals surface area (Å²) in [5, 5.41) is 0. The average Bonchev–Trinajstić information content (AvgIpc) is 2.86. The highest BCUT2D eigenvalue weighted by Crippen LogP contribution is 2.30. The molecule has 0 saturated heterocycles. The number of rotatable bonds is 4. The summed E-state index contributed by atoms with van der Waals surface area (Å²) in [5.41, 5.74) is 5.81. The van der Waals surface area contributed by atoms with Gasteiger partial charge in [0.05, 0.1) is 0 Å². The van der Waals surface area contributed by atoms with Gasteiger partial charge in [0, 0.05) is 24.2 Å². The van der Waals surface area contributed by atoms with Gasteiger partial charge < -0.3 is 10.6 Å². The maximum atomic E-state index is 13.2. The summed E-state index contributed by atoms with van der Waals surface area (Å²) in [5.74, 6) is -1.51. The van der Waals surface area contributed by atoms with Crippen molar-refractivity contribution in [1.29, 1.82) is 0 Å². The summed E-state index contributed by atoms with van der Waals surface area (Å²) in [4.78, 5) is 14.2. The quantitative estimate of drug-likeness (QED) is 0.922. The molecule has 0 aliphatic heterocycles. The Bertz CT molecular complexity index is 473. The third kappa shape index (κ3) is 2.98. The largest absolute Gasteiger partial charge is 0.336 e. The van der Waals surface area contributed by atoms with Crippen LogP contribution in [0.25, 0.3) is 0 Å². The molecule has 0 bridgehead atoms. The summed E-state index contributed by atoms with van der Waals surface area (Å²) in [7, 11) is 0. The average molecular weight is 282 g/mol. The topological polar surface area (TPSA) is 46.3 Å². The Morgan fingerprint density at radius 2 is 1.95 bits per heavy atom. The molecule has 1 amide bonds. The van der Waals surface area contributed by atoms with Gasteiger partial charge in [-0.1, -0.05) is 6.42 Å². The van der Waals surface area contributed by atoms with Gasteiger partial charge in [0.1, 0.15) is 11.6 Å². The molecule has 2 unspecified atom stereocenters. The molecule has 1 aromatic carbocycles. The van der Waals surface area contributed by atoms with Crippen LogP contribution in [0, 0.1) is 17.6 Å². The van der Waals surface area contributed by atoms with Gasteiger partial charge in [-0.3, -0.25) is 4.79 Å². The molecular formula is C15H20F2N2O. The van der Waals surface area contributed by atoms with Crippen LogP contribution in [0.2, 0.25) is 0 Å². The van der Waals surface area contributed by atoms with Crippen molar-refractivity contribution < 1.29 is 13.6 Å². The number of nitrogens with two attached hydrogens (primary N) is 1. The van der Waals surface area contributed by atoms with E-state index in [0.717, 1.165) is 37.5 Å². The number of hydrogen-bond acceptors (Lipinski definition) is 2. The highest BCUT2D eigenvalue weighted by atomic mass is 19.1. The predicted octanol–water partition coefficient (Wildman–Crippen LogP) is 2.55. The molecule has 1 aliphatic carbocycles. The second-order valence-electron chi connectivity index (χ2n) is 5.24. The van der Waals surface area contributed by atoms with E-state index in [2.05, 4.69) is 0 Å². The molecule has 3 nitrogen and oxygen atoms in total. The molecule has 2 atom stereocenters. The fourth-order valence-corrected chi connectivity index (χ4v) is 3.07. The molecule has 20 heavy (non-hydrogen) atoms. The Morgan fingerprint density at radius 1 is 1.30 bits per heavy atom. The standard InChI is InChI=1S/C15H20F2N2O/c1-2-19(14-5-3-4-10(14)9-18)15(20)11-6-12(16)8-13(17)7-11/h6-8,10,14H,2-5,9,18H2,1H3. The smallest absolute Gasteiger partial charge is 0.254 e. The fraction of sp³-hybridized carbons (Fsp3) is 0.533. The van der Waals surface area contributed by atoms with E-state index in [0.29, 0.717) is 13.1 Å². The minimum absolute atomic E-state index is 0.0621. The molecule has 5 heteroatoms. The van der Waals surface area contributed by atoms with Crippen LogP contribution in [0.15, 0.2) is 18.2 Å². The Kier molecular flexibility index (Phi) is 4.70. The van der Waals surface area contributed by atoms with E-state index in [1.54, 1.807) is 4.90 Å². The first-order valence-electron chi connectivity index (χ1n) is 7.04.